The Balaban J connectivity index is 0.000000705. The van der Waals surface area contributed by atoms with Gasteiger partial charge in [0, 0.05) is 54.8 Å². The average Bonchev–Trinajstić information content (AvgIpc) is 3.60. The summed E-state index contributed by atoms with van der Waals surface area (Å²) in [6.07, 6.45) is 3.79. The Hall–Kier alpha value is -5.32. The molecule has 6 rings (SSSR count). The molecule has 4 heterocycles. The van der Waals surface area contributed by atoms with Crippen LogP contribution in [0.2, 0.25) is 0 Å². The highest BCUT2D eigenvalue weighted by Gasteiger charge is 2.38. The van der Waals surface area contributed by atoms with Gasteiger partial charge in [-0.1, -0.05) is 6.92 Å². The van der Waals surface area contributed by atoms with Crippen molar-refractivity contribution in [3.05, 3.63) is 71.7 Å². The number of nitrogens with zero attached hydrogens (tertiary/aromatic N) is 4. The maximum absolute atomic E-state index is 14.9. The second kappa shape index (κ2) is 17.0. The lowest BCUT2D eigenvalue weighted by Crippen LogP contribution is -2.46. The number of alkyl halides is 3. The quantitative estimate of drug-likeness (QED) is 0.161. The zero-order valence-electron chi connectivity index (χ0n) is 29.1. The van der Waals surface area contributed by atoms with Gasteiger partial charge in [0.25, 0.3) is 5.91 Å². The van der Waals surface area contributed by atoms with E-state index in [9.17, 15) is 31.5 Å². The molecule has 0 aliphatic carbocycles. The van der Waals surface area contributed by atoms with Crippen molar-refractivity contribution in [1.29, 1.82) is 0 Å². The summed E-state index contributed by atoms with van der Waals surface area (Å²) in [6.45, 7) is 5.87. The van der Waals surface area contributed by atoms with E-state index in [-0.39, 0.29) is 29.0 Å². The lowest BCUT2D eigenvalue weighted by atomic mass is 9.92. The molecule has 0 saturated carbocycles. The second-order valence-electron chi connectivity index (χ2n) is 12.7. The van der Waals surface area contributed by atoms with Crippen LogP contribution >= 0.6 is 0 Å². The van der Waals surface area contributed by atoms with Crippen LogP contribution in [-0.4, -0.2) is 88.2 Å². The zero-order chi connectivity index (χ0) is 38.3. The number of aliphatic carboxylic acids is 1. The number of carbonyl (C=O) groups is 3. The van der Waals surface area contributed by atoms with Crippen molar-refractivity contribution in [1.82, 2.24) is 29.9 Å². The molecule has 2 aromatic carbocycles. The molecule has 2 saturated heterocycles. The van der Waals surface area contributed by atoms with Gasteiger partial charge in [0.15, 0.2) is 23.0 Å². The molecule has 2 aromatic heterocycles. The Bertz CT molecular complexity index is 1940. The van der Waals surface area contributed by atoms with Crippen molar-refractivity contribution in [2.45, 2.75) is 45.2 Å². The lowest BCUT2D eigenvalue weighted by molar-refractivity contribution is -0.192. The maximum atomic E-state index is 14.9. The Morgan fingerprint density at radius 2 is 1.72 bits per heavy atom. The van der Waals surface area contributed by atoms with Crippen molar-refractivity contribution in [3.8, 4) is 17.0 Å². The summed E-state index contributed by atoms with van der Waals surface area (Å²) in [4.78, 5) is 45.9. The molecule has 2 aliphatic heterocycles. The Morgan fingerprint density at radius 1 is 1.02 bits per heavy atom. The lowest BCUT2D eigenvalue weighted by Gasteiger charge is -2.35. The van der Waals surface area contributed by atoms with Gasteiger partial charge in [0.1, 0.15) is 0 Å². The number of aryl methyl sites for hydroxylation is 1. The van der Waals surface area contributed by atoms with Crippen LogP contribution in [0, 0.1) is 23.5 Å². The third kappa shape index (κ3) is 9.19. The van der Waals surface area contributed by atoms with Crippen molar-refractivity contribution >= 4 is 34.9 Å². The van der Waals surface area contributed by atoms with Gasteiger partial charge >= 0.3 is 12.1 Å². The third-order valence-electron chi connectivity index (χ3n) is 9.37. The molecule has 2 fully saturated rings. The standard InChI is InChI=1S/C34H39F2N7O3.C2HF3O2/c1-3-22-18-24(41-31-32-39-20-27(43(32)17-14-38-31)26-6-7-28(46-2)30(36)29(26)35)4-5-25(22)33(44)40-19-21-10-15-42(16-11-21)34(45)23-8-12-37-13-9-23;3-2(4,5)1(6)7/h4-7,14,17-18,20-21,23,37H,3,8-13,15-16,19H2,1-2H3,(H,38,41)(H,40,44);(H,6,7). The zero-order valence-corrected chi connectivity index (χ0v) is 29.1. The van der Waals surface area contributed by atoms with Gasteiger partial charge in [0.05, 0.1) is 19.0 Å². The van der Waals surface area contributed by atoms with Gasteiger partial charge in [0.2, 0.25) is 11.7 Å². The van der Waals surface area contributed by atoms with Crippen LogP contribution in [-0.2, 0) is 16.0 Å². The first-order valence-electron chi connectivity index (χ1n) is 17.1. The average molecular weight is 746 g/mol. The number of piperidine rings is 2. The van der Waals surface area contributed by atoms with Crippen molar-refractivity contribution in [2.75, 3.05) is 45.2 Å². The van der Waals surface area contributed by atoms with Gasteiger partial charge in [-0.3, -0.25) is 14.0 Å². The highest BCUT2D eigenvalue weighted by molar-refractivity contribution is 5.96. The number of aromatic nitrogens is 3. The number of benzene rings is 2. The molecule has 284 valence electrons. The summed E-state index contributed by atoms with van der Waals surface area (Å²) in [5.41, 5.74) is 3.03. The topological polar surface area (TPSA) is 150 Å². The van der Waals surface area contributed by atoms with Crippen LogP contribution in [0.15, 0.2) is 48.9 Å². The summed E-state index contributed by atoms with van der Waals surface area (Å²) in [7, 11) is 1.28. The van der Waals surface area contributed by atoms with E-state index in [1.165, 1.54) is 25.4 Å². The number of amides is 2. The van der Waals surface area contributed by atoms with E-state index in [0.717, 1.165) is 57.4 Å². The number of carbonyl (C=O) groups excluding carboxylic acids is 2. The molecule has 0 unspecified atom stereocenters. The van der Waals surface area contributed by atoms with E-state index in [2.05, 4.69) is 25.9 Å². The number of carboxylic acids is 1. The second-order valence-corrected chi connectivity index (χ2v) is 12.7. The molecule has 0 bridgehead atoms. The summed E-state index contributed by atoms with van der Waals surface area (Å²) < 4.78 is 67.6. The van der Waals surface area contributed by atoms with Crippen LogP contribution in [0.5, 0.6) is 5.75 Å². The van der Waals surface area contributed by atoms with E-state index in [4.69, 9.17) is 14.6 Å². The summed E-state index contributed by atoms with van der Waals surface area (Å²) in [5, 5.41) is 16.8. The Labute approximate surface area is 301 Å². The minimum Gasteiger partial charge on any atom is -0.494 e. The predicted octanol–water partition coefficient (Wildman–Crippen LogP) is 5.59. The SMILES string of the molecule is CCc1cc(Nc2nccn3c(-c4ccc(OC)c(F)c4F)cnc23)ccc1C(=O)NCC1CCN(C(=O)C2CCNCC2)CC1.O=C(O)C(F)(F)F. The number of carboxylic acid groups (broad SMARTS) is 1. The summed E-state index contributed by atoms with van der Waals surface area (Å²) in [6, 6.07) is 8.34. The highest BCUT2D eigenvalue weighted by atomic mass is 19.4. The number of hydrogen-bond donors (Lipinski definition) is 4. The fraction of sp³-hybridized carbons (Fsp3) is 0.417. The minimum absolute atomic E-state index is 0.0443. The van der Waals surface area contributed by atoms with Gasteiger partial charge in [-0.05, 0) is 87.0 Å². The smallest absolute Gasteiger partial charge is 0.490 e. The first-order valence-corrected chi connectivity index (χ1v) is 17.1. The molecule has 0 atom stereocenters. The van der Waals surface area contributed by atoms with Gasteiger partial charge in [-0.25, -0.2) is 19.2 Å². The van der Waals surface area contributed by atoms with Gasteiger partial charge in [-0.2, -0.15) is 17.6 Å². The number of nitrogens with one attached hydrogen (secondary N) is 3. The van der Waals surface area contributed by atoms with Crippen LogP contribution in [0.25, 0.3) is 16.9 Å². The van der Waals surface area contributed by atoms with Crippen LogP contribution in [0.1, 0.15) is 48.5 Å². The Kier molecular flexibility index (Phi) is 12.5. The third-order valence-corrected chi connectivity index (χ3v) is 9.37. The van der Waals surface area contributed by atoms with E-state index in [1.54, 1.807) is 22.9 Å². The number of rotatable bonds is 9. The van der Waals surface area contributed by atoms with Crippen LogP contribution < -0.4 is 20.7 Å². The fourth-order valence-electron chi connectivity index (χ4n) is 6.43. The van der Waals surface area contributed by atoms with Crippen LogP contribution in [0.4, 0.5) is 33.5 Å². The van der Waals surface area contributed by atoms with E-state index < -0.39 is 23.8 Å². The first-order chi connectivity index (χ1) is 25.3. The molecule has 2 amide bonds. The predicted molar refractivity (Wildman–Crippen MR) is 185 cm³/mol. The maximum Gasteiger partial charge on any atom is 0.490 e. The van der Waals surface area contributed by atoms with Crippen LogP contribution in [0.3, 0.4) is 0 Å². The van der Waals surface area contributed by atoms with Gasteiger partial charge in [-0.15, -0.1) is 0 Å². The molecule has 17 heteroatoms. The molecule has 0 spiro atoms. The number of anilines is 2. The molecule has 0 radical (unpaired) electrons. The van der Waals surface area contributed by atoms with Crippen molar-refractivity contribution < 1.29 is 46.2 Å². The molecular weight excluding hydrogens is 705 g/mol. The number of methoxy groups -OCH3 is 1. The molecule has 4 N–H and O–H groups in total. The first kappa shape index (κ1) is 38.9. The summed E-state index contributed by atoms with van der Waals surface area (Å²) in [5.74, 6) is -3.97. The van der Waals surface area contributed by atoms with E-state index in [0.29, 0.717) is 47.3 Å². The van der Waals surface area contributed by atoms with Crippen molar-refractivity contribution in [3.63, 3.8) is 0 Å². The number of fused-ring (bicyclic) bond motifs is 1. The number of hydrogen-bond acceptors (Lipinski definition) is 8. The number of imidazole rings is 1. The minimum atomic E-state index is -5.08. The molecular formula is C36H40F5N7O5. The molecule has 4 aromatic rings. The fourth-order valence-corrected chi connectivity index (χ4v) is 6.43. The number of likely N-dealkylation sites (tertiary alicyclic amines) is 1. The number of ether oxygens (including phenoxy) is 1. The molecule has 12 nitrogen and oxygen atoms in total. The molecule has 53 heavy (non-hydrogen) atoms. The Morgan fingerprint density at radius 3 is 2.36 bits per heavy atom. The van der Waals surface area contributed by atoms with E-state index in [1.807, 2.05) is 24.0 Å². The number of halogens is 5. The summed E-state index contributed by atoms with van der Waals surface area (Å²) >= 11 is 0. The van der Waals surface area contributed by atoms with Gasteiger partial charge < -0.3 is 30.7 Å². The highest BCUT2D eigenvalue weighted by Crippen LogP contribution is 2.32. The largest absolute Gasteiger partial charge is 0.494 e. The monoisotopic (exact) mass is 745 g/mol. The normalized spacial score (nSPS) is 15.4. The van der Waals surface area contributed by atoms with E-state index >= 15 is 0 Å². The molecule has 2 aliphatic rings. The van der Waals surface area contributed by atoms with Crippen molar-refractivity contribution in [2.24, 2.45) is 11.8 Å².